The van der Waals surface area contributed by atoms with Crippen molar-refractivity contribution in [3.05, 3.63) is 67.3 Å². The fourth-order valence-electron chi connectivity index (χ4n) is 2.78. The molecule has 0 saturated carbocycles. The van der Waals surface area contributed by atoms with E-state index in [2.05, 4.69) is 23.2 Å². The maximum Gasteiger partial charge on any atom is 0.323 e. The lowest BCUT2D eigenvalue weighted by molar-refractivity contribution is 0.296. The second-order valence-electron chi connectivity index (χ2n) is 6.89. The minimum Gasteiger partial charge on any atom is -0.494 e. The third kappa shape index (κ3) is 7.79. The Morgan fingerprint density at radius 2 is 1.69 bits per heavy atom. The van der Waals surface area contributed by atoms with Gasteiger partial charge >= 0.3 is 10.2 Å². The summed E-state index contributed by atoms with van der Waals surface area (Å²) in [7, 11) is -0.0774. The molecule has 0 spiro atoms. The summed E-state index contributed by atoms with van der Waals surface area (Å²) in [5.41, 5.74) is 1.08. The molecule has 0 unspecified atom stereocenters. The summed E-state index contributed by atoms with van der Waals surface area (Å²) in [5.74, 6) is 0.736. The first-order valence-corrected chi connectivity index (χ1v) is 11.2. The number of nitrogens with zero attached hydrogens (tertiary/aromatic N) is 2. The van der Waals surface area contributed by atoms with E-state index in [1.807, 2.05) is 12.1 Å². The molecule has 7 heteroatoms. The van der Waals surface area contributed by atoms with E-state index in [9.17, 15) is 8.42 Å². The summed E-state index contributed by atoms with van der Waals surface area (Å²) >= 11 is 0. The average Bonchev–Trinajstić information content (AvgIpc) is 2.71. The van der Waals surface area contributed by atoms with E-state index in [0.29, 0.717) is 18.0 Å². The van der Waals surface area contributed by atoms with Gasteiger partial charge in [0.25, 0.3) is 0 Å². The van der Waals surface area contributed by atoms with Crippen molar-refractivity contribution in [2.45, 2.75) is 19.3 Å². The molecule has 0 aromatic heterocycles. The Hall–Kier alpha value is -2.51. The lowest BCUT2D eigenvalue weighted by Crippen LogP contribution is -2.32. The summed E-state index contributed by atoms with van der Waals surface area (Å²) in [6, 6.07) is 15.9. The number of ether oxygens (including phenoxy) is 1. The van der Waals surface area contributed by atoms with Crippen molar-refractivity contribution in [1.29, 1.82) is 0 Å². The molecule has 0 aliphatic rings. The van der Waals surface area contributed by atoms with E-state index < -0.39 is 10.2 Å². The summed E-state index contributed by atoms with van der Waals surface area (Å²) in [6.07, 6.45) is 5.13. The third-order valence-corrected chi connectivity index (χ3v) is 5.90. The quantitative estimate of drug-likeness (QED) is 0.393. The first-order chi connectivity index (χ1) is 13.9. The van der Waals surface area contributed by atoms with E-state index in [-0.39, 0.29) is 0 Å². The lowest BCUT2D eigenvalue weighted by Gasteiger charge is -2.20. The van der Waals surface area contributed by atoms with Crippen LogP contribution >= 0.6 is 0 Å². The van der Waals surface area contributed by atoms with Crippen LogP contribution in [-0.2, 0) is 10.2 Å². The lowest BCUT2D eigenvalue weighted by atomic mass is 10.2. The highest BCUT2D eigenvalue weighted by molar-refractivity contribution is 7.94. The number of anilines is 2. The van der Waals surface area contributed by atoms with Crippen LogP contribution in [0, 0.1) is 0 Å². The second kappa shape index (κ2) is 11.5. The van der Waals surface area contributed by atoms with Crippen molar-refractivity contribution in [3.63, 3.8) is 0 Å². The molecule has 0 fully saturated rings. The minimum atomic E-state index is -3.69. The van der Waals surface area contributed by atoms with Gasteiger partial charge in [-0.1, -0.05) is 24.3 Å². The van der Waals surface area contributed by atoms with Crippen LogP contribution in [0.4, 0.5) is 11.4 Å². The van der Waals surface area contributed by atoms with Gasteiger partial charge in [-0.25, -0.2) is 0 Å². The van der Waals surface area contributed by atoms with E-state index in [0.717, 1.165) is 38.1 Å². The van der Waals surface area contributed by atoms with Gasteiger partial charge in [-0.3, -0.25) is 9.03 Å². The fourth-order valence-corrected chi connectivity index (χ4v) is 3.75. The molecule has 158 valence electrons. The zero-order valence-corrected chi connectivity index (χ0v) is 18.1. The maximum atomic E-state index is 12.5. The molecular formula is C22H31N3O3S. The van der Waals surface area contributed by atoms with Gasteiger partial charge in [0, 0.05) is 13.6 Å². The van der Waals surface area contributed by atoms with Crippen molar-refractivity contribution in [3.8, 4) is 5.75 Å². The summed E-state index contributed by atoms with van der Waals surface area (Å²) in [5, 5.41) is 0. The van der Waals surface area contributed by atoms with Crippen molar-refractivity contribution >= 4 is 21.6 Å². The number of para-hydroxylation sites is 1. The number of benzene rings is 2. The maximum absolute atomic E-state index is 12.5. The first-order valence-electron chi connectivity index (χ1n) is 9.76. The molecule has 1 N–H and O–H groups in total. The molecule has 0 atom stereocenters. The number of rotatable bonds is 13. The molecule has 0 saturated heterocycles. The molecule has 2 rings (SSSR count). The highest BCUT2D eigenvalue weighted by Crippen LogP contribution is 2.22. The number of nitrogens with one attached hydrogen (secondary N) is 1. The zero-order valence-electron chi connectivity index (χ0n) is 17.3. The van der Waals surface area contributed by atoms with E-state index in [4.69, 9.17) is 4.74 Å². The predicted molar refractivity (Wildman–Crippen MR) is 121 cm³/mol. The second-order valence-corrected chi connectivity index (χ2v) is 8.60. The number of hydrogen-bond donors (Lipinski definition) is 1. The summed E-state index contributed by atoms with van der Waals surface area (Å²) < 4.78 is 34.6. The Kier molecular flexibility index (Phi) is 9.02. The molecule has 6 nitrogen and oxygen atoms in total. The van der Waals surface area contributed by atoms with Crippen LogP contribution in [0.2, 0.25) is 0 Å². The summed E-state index contributed by atoms with van der Waals surface area (Å²) in [4.78, 5) is 2.24. The first kappa shape index (κ1) is 22.8. The molecule has 0 aliphatic heterocycles. The summed E-state index contributed by atoms with van der Waals surface area (Å²) in [6.45, 7) is 6.35. The zero-order chi connectivity index (χ0) is 21.1. The van der Waals surface area contributed by atoms with Gasteiger partial charge in [0.15, 0.2) is 0 Å². The SMILES string of the molecule is C=CCN(C)CCCCCOc1ccc(N(C)S(=O)(=O)Nc2ccccc2)cc1. The van der Waals surface area contributed by atoms with Crippen molar-refractivity contribution in [1.82, 2.24) is 4.90 Å². The molecule has 0 aliphatic carbocycles. The van der Waals surface area contributed by atoms with Gasteiger partial charge in [-0.05, 0) is 69.3 Å². The minimum absolute atomic E-state index is 0.523. The van der Waals surface area contributed by atoms with Gasteiger partial charge in [0.1, 0.15) is 5.75 Å². The van der Waals surface area contributed by atoms with Crippen molar-refractivity contribution in [2.75, 3.05) is 42.8 Å². The topological polar surface area (TPSA) is 61.9 Å². The number of likely N-dealkylation sites (N-methyl/N-ethyl adjacent to an activating group) is 1. The van der Waals surface area contributed by atoms with Crippen LogP contribution in [0.25, 0.3) is 0 Å². The Bertz CT molecular complexity index is 839. The highest BCUT2D eigenvalue weighted by atomic mass is 32.2. The van der Waals surface area contributed by atoms with Crippen LogP contribution < -0.4 is 13.8 Å². The van der Waals surface area contributed by atoms with Gasteiger partial charge in [-0.2, -0.15) is 8.42 Å². The van der Waals surface area contributed by atoms with Crippen LogP contribution in [-0.4, -0.2) is 47.1 Å². The molecule has 0 bridgehead atoms. The molecule has 29 heavy (non-hydrogen) atoms. The van der Waals surface area contributed by atoms with Gasteiger partial charge < -0.3 is 9.64 Å². The predicted octanol–water partition coefficient (Wildman–Crippen LogP) is 4.15. The Labute approximate surface area is 175 Å². The van der Waals surface area contributed by atoms with Crippen molar-refractivity contribution < 1.29 is 13.2 Å². The fraction of sp³-hybridized carbons (Fsp3) is 0.364. The third-order valence-electron chi connectivity index (χ3n) is 4.48. The van der Waals surface area contributed by atoms with Crippen molar-refractivity contribution in [2.24, 2.45) is 0 Å². The smallest absolute Gasteiger partial charge is 0.323 e. The molecule has 0 amide bonds. The average molecular weight is 418 g/mol. The largest absolute Gasteiger partial charge is 0.494 e. The van der Waals surface area contributed by atoms with Crippen LogP contribution in [0.15, 0.2) is 67.3 Å². The van der Waals surface area contributed by atoms with Crippen LogP contribution in [0.1, 0.15) is 19.3 Å². The Morgan fingerprint density at radius 3 is 2.34 bits per heavy atom. The Balaban J connectivity index is 1.78. The molecule has 2 aromatic carbocycles. The van der Waals surface area contributed by atoms with Gasteiger partial charge in [0.2, 0.25) is 0 Å². The standard InChI is InChI=1S/C22H31N3O3S/c1-4-17-24(2)18-9-6-10-19-28-22-15-13-21(14-16-22)25(3)29(26,27)23-20-11-7-5-8-12-20/h4-5,7-8,11-16,23H,1,6,9-10,17-19H2,2-3H3. The molecule has 0 radical (unpaired) electrons. The van der Waals surface area contributed by atoms with Gasteiger partial charge in [0.05, 0.1) is 18.0 Å². The van der Waals surface area contributed by atoms with E-state index >= 15 is 0 Å². The number of hydrogen-bond acceptors (Lipinski definition) is 4. The number of unbranched alkanes of at least 4 members (excludes halogenated alkanes) is 2. The monoisotopic (exact) mass is 417 g/mol. The van der Waals surface area contributed by atoms with Crippen LogP contribution in [0.5, 0.6) is 5.75 Å². The normalized spacial score (nSPS) is 11.3. The van der Waals surface area contributed by atoms with E-state index in [1.165, 1.54) is 11.4 Å². The van der Waals surface area contributed by atoms with E-state index in [1.54, 1.807) is 48.5 Å². The van der Waals surface area contributed by atoms with Gasteiger partial charge in [-0.15, -0.1) is 6.58 Å². The molecule has 2 aromatic rings. The highest BCUT2D eigenvalue weighted by Gasteiger charge is 2.18. The molecule has 0 heterocycles. The molecular weight excluding hydrogens is 386 g/mol. The Morgan fingerprint density at radius 1 is 1.00 bits per heavy atom. The van der Waals surface area contributed by atoms with Crippen LogP contribution in [0.3, 0.4) is 0 Å².